The minimum atomic E-state index is 0.0852. The number of phenolic OH excluding ortho intramolecular Hbond substituents is 1. The van der Waals surface area contributed by atoms with E-state index in [0.717, 1.165) is 16.8 Å². The van der Waals surface area contributed by atoms with Crippen molar-refractivity contribution in [3.05, 3.63) is 69.3 Å². The molecule has 0 unspecified atom stereocenters. The van der Waals surface area contributed by atoms with E-state index in [1.807, 2.05) is 31.2 Å². The molecule has 134 valence electrons. The van der Waals surface area contributed by atoms with Crippen molar-refractivity contribution in [2.75, 3.05) is 0 Å². The Morgan fingerprint density at radius 1 is 1.22 bits per heavy atom. The van der Waals surface area contributed by atoms with Crippen LogP contribution in [0, 0.1) is 6.92 Å². The molecule has 1 N–H and O–H groups in total. The van der Waals surface area contributed by atoms with Crippen LogP contribution in [0.3, 0.4) is 0 Å². The highest BCUT2D eigenvalue weighted by atomic mass is 79.9. The number of benzene rings is 2. The molecule has 27 heavy (non-hydrogen) atoms. The Hall–Kier alpha value is -2.70. The molecule has 7 heteroatoms. The smallest absolute Gasteiger partial charge is 0.228 e. The van der Waals surface area contributed by atoms with Crippen molar-refractivity contribution in [1.29, 1.82) is 0 Å². The van der Waals surface area contributed by atoms with Crippen LogP contribution in [0.25, 0.3) is 22.7 Å². The summed E-state index contributed by atoms with van der Waals surface area (Å²) in [7, 11) is 0. The summed E-state index contributed by atoms with van der Waals surface area (Å²) in [6.45, 7) is 1.96. The molecule has 0 spiro atoms. The number of aryl methyl sites for hydroxylation is 1. The zero-order valence-corrected chi connectivity index (χ0v) is 16.5. The van der Waals surface area contributed by atoms with E-state index in [4.69, 9.17) is 16.0 Å². The number of nitrogens with zero attached hydrogens (tertiary/aromatic N) is 3. The Labute approximate surface area is 168 Å². The Balaban J connectivity index is 1.73. The third-order valence-electron chi connectivity index (χ3n) is 4.02. The van der Waals surface area contributed by atoms with Gasteiger partial charge in [-0.3, -0.25) is 4.99 Å². The van der Waals surface area contributed by atoms with Gasteiger partial charge in [0.15, 0.2) is 11.2 Å². The number of aromatic nitrogens is 2. The van der Waals surface area contributed by atoms with Crippen LogP contribution in [-0.2, 0) is 0 Å². The molecule has 5 nitrogen and oxygen atoms in total. The SMILES string of the molecule is Cc1ccc(-c2nc3ncccc3o2)cc1N=Cc1cc(Cl)cc(Br)c1O. The van der Waals surface area contributed by atoms with Crippen molar-refractivity contribution >= 4 is 50.7 Å². The average Bonchev–Trinajstić information content (AvgIpc) is 3.08. The molecule has 0 aliphatic carbocycles. The summed E-state index contributed by atoms with van der Waals surface area (Å²) < 4.78 is 6.29. The maximum absolute atomic E-state index is 10.2. The lowest BCUT2D eigenvalue weighted by Gasteiger charge is -2.05. The van der Waals surface area contributed by atoms with Crippen LogP contribution in [-0.4, -0.2) is 21.3 Å². The van der Waals surface area contributed by atoms with Gasteiger partial charge in [-0.25, -0.2) is 4.98 Å². The normalized spacial score (nSPS) is 11.5. The zero-order chi connectivity index (χ0) is 19.0. The highest BCUT2D eigenvalue weighted by Gasteiger charge is 2.11. The van der Waals surface area contributed by atoms with Crippen LogP contribution in [0.15, 0.2) is 62.5 Å². The first kappa shape index (κ1) is 17.7. The van der Waals surface area contributed by atoms with Crippen molar-refractivity contribution < 1.29 is 9.52 Å². The van der Waals surface area contributed by atoms with Crippen molar-refractivity contribution in [2.24, 2.45) is 4.99 Å². The molecule has 2 heterocycles. The fourth-order valence-corrected chi connectivity index (χ4v) is 3.43. The van der Waals surface area contributed by atoms with Crippen LogP contribution in [0.5, 0.6) is 5.75 Å². The lowest BCUT2D eigenvalue weighted by molar-refractivity contribution is 0.471. The van der Waals surface area contributed by atoms with Gasteiger partial charge in [-0.2, -0.15) is 4.98 Å². The number of oxazole rings is 1. The van der Waals surface area contributed by atoms with Gasteiger partial charge in [0.25, 0.3) is 0 Å². The van der Waals surface area contributed by atoms with Gasteiger partial charge in [0.1, 0.15) is 5.75 Å². The van der Waals surface area contributed by atoms with Gasteiger partial charge >= 0.3 is 0 Å². The van der Waals surface area contributed by atoms with Crippen molar-refractivity contribution in [2.45, 2.75) is 6.92 Å². The number of hydrogen-bond donors (Lipinski definition) is 1. The lowest BCUT2D eigenvalue weighted by atomic mass is 10.1. The quantitative estimate of drug-likeness (QED) is 0.391. The van der Waals surface area contributed by atoms with E-state index in [-0.39, 0.29) is 5.75 Å². The molecule has 2 aromatic carbocycles. The van der Waals surface area contributed by atoms with E-state index in [1.54, 1.807) is 30.6 Å². The largest absolute Gasteiger partial charge is 0.506 e. The maximum Gasteiger partial charge on any atom is 0.228 e. The van der Waals surface area contributed by atoms with Gasteiger partial charge in [0.2, 0.25) is 5.89 Å². The molecule has 0 amide bonds. The van der Waals surface area contributed by atoms with Crippen LogP contribution in [0.2, 0.25) is 5.02 Å². The Morgan fingerprint density at radius 2 is 2.07 bits per heavy atom. The van der Waals surface area contributed by atoms with Gasteiger partial charge in [-0.1, -0.05) is 17.7 Å². The third-order valence-corrected chi connectivity index (χ3v) is 4.84. The molecular formula is C20H13BrClN3O2. The van der Waals surface area contributed by atoms with Crippen molar-refractivity contribution in [1.82, 2.24) is 9.97 Å². The summed E-state index contributed by atoms with van der Waals surface area (Å²) >= 11 is 9.32. The number of hydrogen-bond acceptors (Lipinski definition) is 5. The first-order chi connectivity index (χ1) is 13.0. The summed E-state index contributed by atoms with van der Waals surface area (Å²) in [5.74, 6) is 0.565. The Kier molecular flexibility index (Phi) is 4.68. The summed E-state index contributed by atoms with van der Waals surface area (Å²) in [6, 6.07) is 12.7. The van der Waals surface area contributed by atoms with Gasteiger partial charge in [0.05, 0.1) is 10.2 Å². The fourth-order valence-electron chi connectivity index (χ4n) is 2.60. The molecule has 0 saturated heterocycles. The van der Waals surface area contributed by atoms with Crippen LogP contribution < -0.4 is 0 Å². The number of fused-ring (bicyclic) bond motifs is 1. The number of aromatic hydroxyl groups is 1. The lowest BCUT2D eigenvalue weighted by Crippen LogP contribution is -1.86. The molecule has 0 aliphatic heterocycles. The molecule has 0 bridgehead atoms. The van der Waals surface area contributed by atoms with Crippen LogP contribution in [0.1, 0.15) is 11.1 Å². The van der Waals surface area contributed by atoms with E-state index in [9.17, 15) is 5.11 Å². The molecule has 4 rings (SSSR count). The number of phenols is 1. The van der Waals surface area contributed by atoms with Gasteiger partial charge in [-0.05, 0) is 64.8 Å². The Morgan fingerprint density at radius 3 is 2.89 bits per heavy atom. The predicted molar refractivity (Wildman–Crippen MR) is 110 cm³/mol. The summed E-state index contributed by atoms with van der Waals surface area (Å²) in [5, 5.41) is 10.7. The highest BCUT2D eigenvalue weighted by molar-refractivity contribution is 9.10. The van der Waals surface area contributed by atoms with Crippen molar-refractivity contribution in [3.8, 4) is 17.2 Å². The number of rotatable bonds is 3. The molecule has 0 saturated carbocycles. The molecule has 0 aliphatic rings. The third kappa shape index (κ3) is 3.59. The zero-order valence-electron chi connectivity index (χ0n) is 14.1. The summed E-state index contributed by atoms with van der Waals surface area (Å²) in [6.07, 6.45) is 3.25. The first-order valence-electron chi connectivity index (χ1n) is 8.06. The standard InChI is InChI=1S/C20H13BrClN3O2/c1-11-4-5-12(20-25-19-17(27-20)3-2-6-23-19)8-16(11)24-10-13-7-14(22)9-15(21)18(13)26/h2-10,26H,1H3. The van der Waals surface area contributed by atoms with Gasteiger partial charge in [-0.15, -0.1) is 0 Å². The maximum atomic E-state index is 10.2. The number of halogens is 2. The second-order valence-corrected chi connectivity index (χ2v) is 7.22. The van der Waals surface area contributed by atoms with E-state index in [1.165, 1.54) is 0 Å². The average molecular weight is 443 g/mol. The first-order valence-corrected chi connectivity index (χ1v) is 9.23. The van der Waals surface area contributed by atoms with Crippen LogP contribution in [0.4, 0.5) is 5.69 Å². The van der Waals surface area contributed by atoms with E-state index < -0.39 is 0 Å². The molecule has 4 aromatic rings. The van der Waals surface area contributed by atoms with E-state index in [2.05, 4.69) is 30.9 Å². The highest BCUT2D eigenvalue weighted by Crippen LogP contribution is 2.32. The summed E-state index contributed by atoms with van der Waals surface area (Å²) in [5.41, 5.74) is 4.22. The fraction of sp³-hybridized carbons (Fsp3) is 0.0500. The van der Waals surface area contributed by atoms with E-state index >= 15 is 0 Å². The minimum absolute atomic E-state index is 0.0852. The van der Waals surface area contributed by atoms with Gasteiger partial charge < -0.3 is 9.52 Å². The predicted octanol–water partition coefficient (Wildman–Crippen LogP) is 6.07. The van der Waals surface area contributed by atoms with Crippen molar-refractivity contribution in [3.63, 3.8) is 0 Å². The van der Waals surface area contributed by atoms with Crippen LogP contribution >= 0.6 is 27.5 Å². The van der Waals surface area contributed by atoms with E-state index in [0.29, 0.717) is 32.2 Å². The second-order valence-electron chi connectivity index (χ2n) is 5.93. The molecule has 0 atom stereocenters. The monoisotopic (exact) mass is 441 g/mol. The molecule has 2 aromatic heterocycles. The van der Waals surface area contributed by atoms with Gasteiger partial charge in [0, 0.05) is 28.6 Å². The molecular weight excluding hydrogens is 430 g/mol. The number of pyridine rings is 1. The topological polar surface area (TPSA) is 71.5 Å². The number of aliphatic imine (C=N–C) groups is 1. The molecule has 0 radical (unpaired) electrons. The minimum Gasteiger partial charge on any atom is -0.506 e. The molecule has 0 fully saturated rings. The second kappa shape index (κ2) is 7.13. The summed E-state index contributed by atoms with van der Waals surface area (Å²) in [4.78, 5) is 13.1. The Bertz CT molecular complexity index is 1150.